The molecule has 0 spiro atoms. The van der Waals surface area contributed by atoms with Crippen LogP contribution in [0.4, 0.5) is 0 Å². The summed E-state index contributed by atoms with van der Waals surface area (Å²) in [5.74, 6) is -0.224. The summed E-state index contributed by atoms with van der Waals surface area (Å²) < 4.78 is 5.04. The SMILES string of the molecule is CC.CC(C)c1ccc(C(=O)Oc2ccc(C#N)nn2)cn1. The van der Waals surface area contributed by atoms with Crippen molar-refractivity contribution in [3.8, 4) is 11.9 Å². The van der Waals surface area contributed by atoms with Crippen LogP contribution in [0.2, 0.25) is 0 Å². The Morgan fingerprint density at radius 2 is 1.91 bits per heavy atom. The quantitative estimate of drug-likeness (QED) is 0.809. The molecule has 2 aromatic rings. The molecule has 2 heterocycles. The highest BCUT2D eigenvalue weighted by Crippen LogP contribution is 2.13. The molecule has 0 bridgehead atoms. The molecule has 0 aromatic carbocycles. The van der Waals surface area contributed by atoms with Crippen LogP contribution < -0.4 is 4.74 Å². The number of rotatable bonds is 3. The van der Waals surface area contributed by atoms with Gasteiger partial charge in [0.25, 0.3) is 0 Å². The van der Waals surface area contributed by atoms with E-state index >= 15 is 0 Å². The van der Waals surface area contributed by atoms with Crippen molar-refractivity contribution in [3.63, 3.8) is 0 Å². The van der Waals surface area contributed by atoms with Crippen molar-refractivity contribution >= 4 is 5.97 Å². The standard InChI is InChI=1S/C14H12N4O2.C2H6/c1-9(2)12-5-3-10(8-16-12)14(19)20-13-6-4-11(7-15)17-18-13;1-2/h3-6,8-9H,1-2H3;1-2H3. The molecule has 0 amide bonds. The first-order chi connectivity index (χ1) is 10.6. The van der Waals surface area contributed by atoms with E-state index in [1.54, 1.807) is 12.1 Å². The van der Waals surface area contributed by atoms with Crippen molar-refractivity contribution < 1.29 is 9.53 Å². The second-order valence-corrected chi connectivity index (χ2v) is 4.38. The van der Waals surface area contributed by atoms with Gasteiger partial charge in [0.15, 0.2) is 5.69 Å². The number of esters is 1. The lowest BCUT2D eigenvalue weighted by molar-refractivity contribution is 0.0725. The van der Waals surface area contributed by atoms with Crippen LogP contribution in [0.3, 0.4) is 0 Å². The van der Waals surface area contributed by atoms with Gasteiger partial charge in [-0.25, -0.2) is 4.79 Å². The fourth-order valence-corrected chi connectivity index (χ4v) is 1.46. The van der Waals surface area contributed by atoms with Crippen molar-refractivity contribution in [2.75, 3.05) is 0 Å². The summed E-state index contributed by atoms with van der Waals surface area (Å²) in [6.45, 7) is 8.04. The van der Waals surface area contributed by atoms with Crippen LogP contribution in [0.5, 0.6) is 5.88 Å². The number of ether oxygens (including phenoxy) is 1. The van der Waals surface area contributed by atoms with E-state index in [0.717, 1.165) is 5.69 Å². The molecule has 2 aromatic heterocycles. The summed E-state index contributed by atoms with van der Waals surface area (Å²) in [6.07, 6.45) is 1.47. The van der Waals surface area contributed by atoms with Crippen molar-refractivity contribution in [3.05, 3.63) is 47.4 Å². The lowest BCUT2D eigenvalue weighted by Gasteiger charge is -2.05. The normalized spacial score (nSPS) is 9.45. The summed E-state index contributed by atoms with van der Waals surface area (Å²) >= 11 is 0. The highest BCUT2D eigenvalue weighted by Gasteiger charge is 2.11. The second-order valence-electron chi connectivity index (χ2n) is 4.38. The molecule has 0 aliphatic heterocycles. The third kappa shape index (κ3) is 4.63. The first kappa shape index (κ1) is 17.2. The molecule has 6 nitrogen and oxygen atoms in total. The van der Waals surface area contributed by atoms with Crippen LogP contribution >= 0.6 is 0 Å². The van der Waals surface area contributed by atoms with E-state index in [1.807, 2.05) is 33.8 Å². The van der Waals surface area contributed by atoms with Gasteiger partial charge in [-0.05, 0) is 24.1 Å². The Morgan fingerprint density at radius 1 is 1.18 bits per heavy atom. The van der Waals surface area contributed by atoms with Crippen molar-refractivity contribution in [2.24, 2.45) is 0 Å². The van der Waals surface area contributed by atoms with E-state index in [1.165, 1.54) is 18.3 Å². The van der Waals surface area contributed by atoms with Gasteiger partial charge in [-0.2, -0.15) is 5.26 Å². The lowest BCUT2D eigenvalue weighted by atomic mass is 10.1. The fourth-order valence-electron chi connectivity index (χ4n) is 1.46. The lowest BCUT2D eigenvalue weighted by Crippen LogP contribution is -2.10. The van der Waals surface area contributed by atoms with Crippen LogP contribution in [-0.2, 0) is 0 Å². The molecule has 0 aliphatic rings. The van der Waals surface area contributed by atoms with E-state index in [0.29, 0.717) is 11.5 Å². The topological polar surface area (TPSA) is 88.8 Å². The van der Waals surface area contributed by atoms with Crippen LogP contribution in [0.25, 0.3) is 0 Å². The van der Waals surface area contributed by atoms with Crippen molar-refractivity contribution in [2.45, 2.75) is 33.6 Å². The molecule has 0 saturated heterocycles. The molecule has 0 aliphatic carbocycles. The van der Waals surface area contributed by atoms with Crippen LogP contribution in [-0.4, -0.2) is 21.2 Å². The molecule has 0 fully saturated rings. The Hall–Kier alpha value is -2.81. The van der Waals surface area contributed by atoms with Gasteiger partial charge in [0.05, 0.1) is 5.56 Å². The number of pyridine rings is 1. The molecule has 0 unspecified atom stereocenters. The predicted octanol–water partition coefficient (Wildman–Crippen LogP) is 3.11. The summed E-state index contributed by atoms with van der Waals surface area (Å²) in [4.78, 5) is 16.0. The third-order valence-corrected chi connectivity index (χ3v) is 2.57. The molecular weight excluding hydrogens is 280 g/mol. The van der Waals surface area contributed by atoms with E-state index < -0.39 is 5.97 Å². The van der Waals surface area contributed by atoms with Gasteiger partial charge in [-0.3, -0.25) is 4.98 Å². The average Bonchev–Trinajstić information content (AvgIpc) is 2.57. The number of nitriles is 1. The number of aromatic nitrogens is 3. The number of nitrogens with zero attached hydrogens (tertiary/aromatic N) is 4. The number of carbonyl (C=O) groups excluding carboxylic acids is 1. The van der Waals surface area contributed by atoms with Crippen LogP contribution in [0.1, 0.15) is 55.4 Å². The zero-order valence-electron chi connectivity index (χ0n) is 13.1. The highest BCUT2D eigenvalue weighted by molar-refractivity contribution is 5.90. The van der Waals surface area contributed by atoms with Crippen molar-refractivity contribution in [1.82, 2.24) is 15.2 Å². The van der Waals surface area contributed by atoms with Gasteiger partial charge >= 0.3 is 5.97 Å². The first-order valence-electron chi connectivity index (χ1n) is 7.02. The Morgan fingerprint density at radius 3 is 2.36 bits per heavy atom. The van der Waals surface area contributed by atoms with Crippen LogP contribution in [0.15, 0.2) is 30.5 Å². The minimum absolute atomic E-state index is 0.0435. The number of hydrogen-bond donors (Lipinski definition) is 0. The van der Waals surface area contributed by atoms with Gasteiger partial charge in [0, 0.05) is 18.0 Å². The van der Waals surface area contributed by atoms with E-state index in [2.05, 4.69) is 15.2 Å². The minimum Gasteiger partial charge on any atom is -0.402 e. The van der Waals surface area contributed by atoms with E-state index in [4.69, 9.17) is 10.00 Å². The van der Waals surface area contributed by atoms with Crippen LogP contribution in [0, 0.1) is 11.3 Å². The monoisotopic (exact) mass is 298 g/mol. The Labute approximate surface area is 129 Å². The molecular formula is C16H18N4O2. The van der Waals surface area contributed by atoms with Gasteiger partial charge in [-0.1, -0.05) is 27.7 Å². The fraction of sp³-hybridized carbons (Fsp3) is 0.312. The largest absolute Gasteiger partial charge is 0.402 e. The Kier molecular flexibility index (Phi) is 6.64. The maximum absolute atomic E-state index is 11.9. The average molecular weight is 298 g/mol. The molecule has 6 heteroatoms. The van der Waals surface area contributed by atoms with Gasteiger partial charge < -0.3 is 4.74 Å². The molecule has 0 atom stereocenters. The van der Waals surface area contributed by atoms with Crippen molar-refractivity contribution in [1.29, 1.82) is 5.26 Å². The Balaban J connectivity index is 0.00000116. The summed E-state index contributed by atoms with van der Waals surface area (Å²) in [5.41, 5.74) is 1.40. The van der Waals surface area contributed by atoms with Gasteiger partial charge in [0.1, 0.15) is 6.07 Å². The summed E-state index contributed by atoms with van der Waals surface area (Å²) in [7, 11) is 0. The number of carbonyl (C=O) groups is 1. The van der Waals surface area contributed by atoms with Gasteiger partial charge in [0.2, 0.25) is 5.88 Å². The Bertz CT molecular complexity index is 643. The molecule has 0 N–H and O–H groups in total. The zero-order chi connectivity index (χ0) is 16.5. The number of hydrogen-bond acceptors (Lipinski definition) is 6. The highest BCUT2D eigenvalue weighted by atomic mass is 16.5. The minimum atomic E-state index is -0.563. The molecule has 2 rings (SSSR count). The summed E-state index contributed by atoms with van der Waals surface area (Å²) in [5, 5.41) is 15.8. The maximum atomic E-state index is 11.9. The molecule has 114 valence electrons. The van der Waals surface area contributed by atoms with Gasteiger partial charge in [-0.15, -0.1) is 10.2 Å². The summed E-state index contributed by atoms with van der Waals surface area (Å²) in [6, 6.07) is 8.11. The second kappa shape index (κ2) is 8.47. The predicted molar refractivity (Wildman–Crippen MR) is 81.4 cm³/mol. The van der Waals surface area contributed by atoms with E-state index in [-0.39, 0.29) is 11.6 Å². The first-order valence-corrected chi connectivity index (χ1v) is 7.02. The zero-order valence-corrected chi connectivity index (χ0v) is 13.1. The van der Waals surface area contributed by atoms with E-state index in [9.17, 15) is 4.79 Å². The third-order valence-electron chi connectivity index (χ3n) is 2.57. The molecule has 22 heavy (non-hydrogen) atoms. The molecule has 0 saturated carbocycles. The maximum Gasteiger partial charge on any atom is 0.346 e. The molecule has 0 radical (unpaired) electrons. The smallest absolute Gasteiger partial charge is 0.346 e.